The number of carbonyl (C=O) groups is 1. The Labute approximate surface area is 132 Å². The predicted molar refractivity (Wildman–Crippen MR) is 90.9 cm³/mol. The van der Waals surface area contributed by atoms with Gasteiger partial charge in [0.2, 0.25) is 0 Å². The number of benzene rings is 1. The maximum absolute atomic E-state index is 11.5. The lowest BCUT2D eigenvalue weighted by Gasteiger charge is -2.36. The minimum Gasteiger partial charge on any atom is -0.355 e. The second-order valence-electron chi connectivity index (χ2n) is 5.83. The molecule has 0 atom stereocenters. The van der Waals surface area contributed by atoms with E-state index in [1.165, 1.54) is 37.7 Å². The lowest BCUT2D eigenvalue weighted by molar-refractivity contribution is 0.0963. The van der Waals surface area contributed by atoms with Crippen LogP contribution in [0.2, 0.25) is 0 Å². The normalized spacial score (nSPS) is 17.4. The molecule has 1 aromatic rings. The molecule has 1 amide bonds. The van der Waals surface area contributed by atoms with Crippen LogP contribution in [0.25, 0.3) is 0 Å². The van der Waals surface area contributed by atoms with Crippen molar-refractivity contribution in [2.24, 2.45) is 0 Å². The fourth-order valence-corrected chi connectivity index (χ4v) is 3.95. The van der Waals surface area contributed by atoms with Gasteiger partial charge in [0.15, 0.2) is 0 Å². The van der Waals surface area contributed by atoms with E-state index >= 15 is 0 Å². The van der Waals surface area contributed by atoms with E-state index < -0.39 is 0 Å². The Hall–Kier alpha value is -1.00. The summed E-state index contributed by atoms with van der Waals surface area (Å²) in [6.45, 7) is 1.95. The van der Waals surface area contributed by atoms with Gasteiger partial charge in [0.05, 0.1) is 0 Å². The number of hydrogen-bond donors (Lipinski definition) is 2. The van der Waals surface area contributed by atoms with E-state index in [9.17, 15) is 4.79 Å². The third kappa shape index (κ3) is 4.48. The molecule has 0 bridgehead atoms. The molecule has 1 aliphatic rings. The second-order valence-corrected chi connectivity index (χ2v) is 7.10. The van der Waals surface area contributed by atoms with E-state index in [2.05, 4.69) is 16.9 Å². The molecule has 0 spiro atoms. The Bertz CT molecular complexity index is 452. The van der Waals surface area contributed by atoms with Crippen molar-refractivity contribution >= 4 is 17.7 Å². The van der Waals surface area contributed by atoms with E-state index in [4.69, 9.17) is 0 Å². The number of nitrogens with one attached hydrogen (secondary N) is 2. The SMILES string of the molecule is CNC(=O)c1ccc(CNCC2(SC)CCCCC2)cc1. The summed E-state index contributed by atoms with van der Waals surface area (Å²) in [7, 11) is 1.66. The average molecular weight is 306 g/mol. The van der Waals surface area contributed by atoms with Crippen LogP contribution in [0.4, 0.5) is 0 Å². The zero-order valence-electron chi connectivity index (χ0n) is 13.1. The zero-order valence-corrected chi connectivity index (χ0v) is 13.9. The van der Waals surface area contributed by atoms with Crippen LogP contribution in [0.15, 0.2) is 24.3 Å². The molecule has 0 saturated heterocycles. The highest BCUT2D eigenvalue weighted by atomic mass is 32.2. The Morgan fingerprint density at radius 3 is 2.43 bits per heavy atom. The van der Waals surface area contributed by atoms with Crippen molar-refractivity contribution in [2.75, 3.05) is 19.8 Å². The van der Waals surface area contributed by atoms with Crippen LogP contribution >= 0.6 is 11.8 Å². The smallest absolute Gasteiger partial charge is 0.251 e. The summed E-state index contributed by atoms with van der Waals surface area (Å²) >= 11 is 2.02. The number of hydrogen-bond acceptors (Lipinski definition) is 3. The Balaban J connectivity index is 1.84. The molecule has 1 fully saturated rings. The average Bonchev–Trinajstić information content (AvgIpc) is 2.55. The molecule has 0 heterocycles. The van der Waals surface area contributed by atoms with Crippen molar-refractivity contribution in [1.82, 2.24) is 10.6 Å². The number of thioether (sulfide) groups is 1. The number of carbonyl (C=O) groups excluding carboxylic acids is 1. The largest absolute Gasteiger partial charge is 0.355 e. The van der Waals surface area contributed by atoms with Crippen molar-refractivity contribution in [3.05, 3.63) is 35.4 Å². The standard InChI is InChI=1S/C17H26N2OS/c1-18-16(20)15-8-6-14(7-9-15)12-19-13-17(21-2)10-4-3-5-11-17/h6-9,19H,3-5,10-13H2,1-2H3,(H,18,20). The summed E-state index contributed by atoms with van der Waals surface area (Å²) in [6, 6.07) is 7.84. The van der Waals surface area contributed by atoms with Gasteiger partial charge in [0.1, 0.15) is 0 Å². The van der Waals surface area contributed by atoms with Gasteiger partial charge >= 0.3 is 0 Å². The molecule has 0 unspecified atom stereocenters. The van der Waals surface area contributed by atoms with Crippen molar-refractivity contribution in [3.8, 4) is 0 Å². The van der Waals surface area contributed by atoms with Crippen LogP contribution < -0.4 is 10.6 Å². The fourth-order valence-electron chi connectivity index (χ4n) is 3.00. The summed E-state index contributed by atoms with van der Waals surface area (Å²) in [5.74, 6) is -0.0296. The molecule has 2 rings (SSSR count). The molecule has 1 aromatic carbocycles. The summed E-state index contributed by atoms with van der Waals surface area (Å²) in [6.07, 6.45) is 9.02. The molecule has 0 aromatic heterocycles. The van der Waals surface area contributed by atoms with Crippen molar-refractivity contribution < 1.29 is 4.79 Å². The van der Waals surface area contributed by atoms with Gasteiger partial charge in [-0.2, -0.15) is 11.8 Å². The number of rotatable bonds is 6. The van der Waals surface area contributed by atoms with Crippen molar-refractivity contribution in [1.29, 1.82) is 0 Å². The van der Waals surface area contributed by atoms with E-state index in [0.717, 1.165) is 13.1 Å². The van der Waals surface area contributed by atoms with Gasteiger partial charge in [0.25, 0.3) is 5.91 Å². The summed E-state index contributed by atoms with van der Waals surface area (Å²) in [5, 5.41) is 6.25. The van der Waals surface area contributed by atoms with Gasteiger partial charge in [-0.3, -0.25) is 4.79 Å². The zero-order chi connectivity index (χ0) is 15.1. The van der Waals surface area contributed by atoms with Crippen LogP contribution in [-0.2, 0) is 6.54 Å². The van der Waals surface area contributed by atoms with E-state index in [1.54, 1.807) is 7.05 Å². The lowest BCUT2D eigenvalue weighted by atomic mass is 9.88. The van der Waals surface area contributed by atoms with Gasteiger partial charge in [-0.15, -0.1) is 0 Å². The topological polar surface area (TPSA) is 41.1 Å². The third-order valence-corrected chi connectivity index (χ3v) is 5.84. The first-order valence-electron chi connectivity index (χ1n) is 7.76. The van der Waals surface area contributed by atoms with Gasteiger partial charge in [-0.05, 0) is 36.8 Å². The molecule has 116 valence electrons. The first kappa shape index (κ1) is 16.4. The highest BCUT2D eigenvalue weighted by molar-refractivity contribution is 8.00. The monoisotopic (exact) mass is 306 g/mol. The molecule has 0 aliphatic heterocycles. The molecule has 1 aliphatic carbocycles. The van der Waals surface area contributed by atoms with Gasteiger partial charge in [-0.25, -0.2) is 0 Å². The second kappa shape index (κ2) is 7.85. The van der Waals surface area contributed by atoms with Gasteiger partial charge in [0, 0.05) is 30.4 Å². The summed E-state index contributed by atoms with van der Waals surface area (Å²) in [4.78, 5) is 11.5. The first-order chi connectivity index (χ1) is 10.2. The molecule has 2 N–H and O–H groups in total. The van der Waals surface area contributed by atoms with E-state index in [0.29, 0.717) is 10.3 Å². The number of amides is 1. The van der Waals surface area contributed by atoms with Crippen molar-refractivity contribution in [2.45, 2.75) is 43.4 Å². The first-order valence-corrected chi connectivity index (χ1v) is 8.98. The predicted octanol–water partition coefficient (Wildman–Crippen LogP) is 3.20. The highest BCUT2D eigenvalue weighted by Gasteiger charge is 2.30. The summed E-state index contributed by atoms with van der Waals surface area (Å²) < 4.78 is 0.431. The molecule has 3 nitrogen and oxygen atoms in total. The molecule has 0 radical (unpaired) electrons. The van der Waals surface area contributed by atoms with Crippen LogP contribution in [0.3, 0.4) is 0 Å². The molecular weight excluding hydrogens is 280 g/mol. The summed E-state index contributed by atoms with van der Waals surface area (Å²) in [5.41, 5.74) is 1.95. The van der Waals surface area contributed by atoms with Crippen LogP contribution in [0.1, 0.15) is 48.0 Å². The van der Waals surface area contributed by atoms with Crippen molar-refractivity contribution in [3.63, 3.8) is 0 Å². The quantitative estimate of drug-likeness (QED) is 0.848. The van der Waals surface area contributed by atoms with Crippen LogP contribution in [0.5, 0.6) is 0 Å². The molecule has 4 heteroatoms. The highest BCUT2D eigenvalue weighted by Crippen LogP contribution is 2.37. The Morgan fingerprint density at radius 1 is 1.19 bits per heavy atom. The molecule has 1 saturated carbocycles. The van der Waals surface area contributed by atoms with E-state index in [1.807, 2.05) is 36.0 Å². The Kier molecular flexibility index (Phi) is 6.12. The molecular formula is C17H26N2OS. The maximum atomic E-state index is 11.5. The van der Waals surface area contributed by atoms with Gasteiger partial charge in [-0.1, -0.05) is 31.4 Å². The Morgan fingerprint density at radius 2 is 1.86 bits per heavy atom. The van der Waals surface area contributed by atoms with Gasteiger partial charge < -0.3 is 10.6 Å². The minimum absolute atomic E-state index is 0.0296. The fraction of sp³-hybridized carbons (Fsp3) is 0.588. The third-order valence-electron chi connectivity index (χ3n) is 4.42. The maximum Gasteiger partial charge on any atom is 0.251 e. The molecule has 21 heavy (non-hydrogen) atoms. The van der Waals surface area contributed by atoms with Crippen LogP contribution in [0, 0.1) is 0 Å². The van der Waals surface area contributed by atoms with E-state index in [-0.39, 0.29) is 5.91 Å². The lowest BCUT2D eigenvalue weighted by Crippen LogP contribution is -2.39. The minimum atomic E-state index is -0.0296. The van der Waals surface area contributed by atoms with Crippen LogP contribution in [-0.4, -0.2) is 30.5 Å².